The molecule has 0 saturated carbocycles. The molecule has 2 rings (SSSR count). The van der Waals surface area contributed by atoms with Crippen LogP contribution in [0.2, 0.25) is 0 Å². The van der Waals surface area contributed by atoms with Crippen LogP contribution in [-0.2, 0) is 14.1 Å². The molecule has 0 atom stereocenters. The molecular weight excluding hydrogens is 374 g/mol. The van der Waals surface area contributed by atoms with Gasteiger partial charge in [0.1, 0.15) is 5.69 Å². The molecule has 0 unspecified atom stereocenters. The Kier molecular flexibility index (Phi) is 8.15. The lowest BCUT2D eigenvalue weighted by Gasteiger charge is -2.30. The van der Waals surface area contributed by atoms with Gasteiger partial charge in [0, 0.05) is 36.7 Å². The van der Waals surface area contributed by atoms with Crippen LogP contribution < -0.4 is 9.47 Å². The highest BCUT2D eigenvalue weighted by Crippen LogP contribution is 2.22. The summed E-state index contributed by atoms with van der Waals surface area (Å²) in [7, 11) is 17.5. The molecule has 0 saturated heterocycles. The van der Waals surface area contributed by atoms with Crippen LogP contribution in [0.5, 0.6) is 0 Å². The van der Waals surface area contributed by atoms with E-state index in [4.69, 9.17) is 0 Å². The minimum atomic E-state index is 0.821. The summed E-state index contributed by atoms with van der Waals surface area (Å²) in [6.07, 6.45) is 6.31. The number of benzene rings is 1. The second-order valence-electron chi connectivity index (χ2n) is 10.3. The van der Waals surface area contributed by atoms with Crippen LogP contribution in [0.1, 0.15) is 12.8 Å². The van der Waals surface area contributed by atoms with E-state index in [1.807, 2.05) is 35.6 Å². The highest BCUT2D eigenvalue weighted by atomic mass is 15.3. The van der Waals surface area contributed by atoms with Gasteiger partial charge in [0.2, 0.25) is 0 Å². The van der Waals surface area contributed by atoms with E-state index in [1.165, 1.54) is 31.6 Å². The zero-order valence-electron chi connectivity index (χ0n) is 20.3. The third-order valence-electron chi connectivity index (χ3n) is 5.13. The summed E-state index contributed by atoms with van der Waals surface area (Å²) in [5, 5.41) is 8.82. The number of aromatic nitrogens is 2. The van der Waals surface area contributed by atoms with E-state index in [0.717, 1.165) is 33.7 Å². The van der Waals surface area contributed by atoms with Gasteiger partial charge >= 0.3 is 5.95 Å². The molecule has 0 aliphatic carbocycles. The number of quaternary nitrogens is 2. The van der Waals surface area contributed by atoms with E-state index < -0.39 is 0 Å². The number of hydrogen-bond donors (Lipinski definition) is 0. The molecule has 2 aromatic rings. The zero-order valence-corrected chi connectivity index (χ0v) is 20.3. The van der Waals surface area contributed by atoms with Crippen molar-refractivity contribution in [3.05, 3.63) is 36.7 Å². The van der Waals surface area contributed by atoms with Crippen LogP contribution in [0.4, 0.5) is 17.3 Å². The monoisotopic (exact) mass is 416 g/mol. The minimum Gasteiger partial charge on any atom is -0.371 e. The number of azo groups is 1. The quantitative estimate of drug-likeness (QED) is 0.315. The Hall–Kier alpha value is -2.25. The van der Waals surface area contributed by atoms with Crippen molar-refractivity contribution in [1.29, 1.82) is 0 Å². The Morgan fingerprint density at radius 3 is 1.83 bits per heavy atom. The lowest BCUT2D eigenvalue weighted by Crippen LogP contribution is -2.39. The number of hydrogen-bond acceptors (Lipinski definition) is 3. The lowest BCUT2D eigenvalue weighted by molar-refractivity contribution is -0.870. The fourth-order valence-electron chi connectivity index (χ4n) is 3.40. The summed E-state index contributed by atoms with van der Waals surface area (Å²) in [5.74, 6) is 0.821. The number of nitrogens with zero attached hydrogens (tertiary/aromatic N) is 7. The first-order chi connectivity index (χ1) is 13.9. The molecule has 0 aliphatic rings. The van der Waals surface area contributed by atoms with Crippen LogP contribution in [0.25, 0.3) is 0 Å². The number of rotatable bonds is 11. The summed E-state index contributed by atoms with van der Waals surface area (Å²) in [4.78, 5) is 2.52. The van der Waals surface area contributed by atoms with Gasteiger partial charge in [0.15, 0.2) is 0 Å². The van der Waals surface area contributed by atoms with Gasteiger partial charge < -0.3 is 13.9 Å². The number of imidazole rings is 1. The molecule has 30 heavy (non-hydrogen) atoms. The van der Waals surface area contributed by atoms with Gasteiger partial charge in [-0.1, -0.05) is 5.11 Å². The predicted molar refractivity (Wildman–Crippen MR) is 124 cm³/mol. The number of aryl methyl sites for hydroxylation is 2. The molecule has 0 radical (unpaired) electrons. The molecule has 1 aromatic heterocycles. The van der Waals surface area contributed by atoms with E-state index in [1.54, 1.807) is 0 Å². The highest BCUT2D eigenvalue weighted by molar-refractivity contribution is 5.52. The van der Waals surface area contributed by atoms with Gasteiger partial charge in [-0.25, -0.2) is 9.13 Å². The van der Waals surface area contributed by atoms with Crippen LogP contribution >= 0.6 is 0 Å². The zero-order chi connectivity index (χ0) is 22.4. The van der Waals surface area contributed by atoms with E-state index in [9.17, 15) is 0 Å². The fourth-order valence-corrected chi connectivity index (χ4v) is 3.40. The third kappa shape index (κ3) is 8.24. The Bertz CT molecular complexity index is 768. The Morgan fingerprint density at radius 2 is 1.40 bits per heavy atom. The molecule has 0 spiro atoms. The molecule has 1 heterocycles. The van der Waals surface area contributed by atoms with Gasteiger partial charge in [0.05, 0.1) is 81.9 Å². The highest BCUT2D eigenvalue weighted by Gasteiger charge is 2.14. The molecule has 7 heteroatoms. The Labute approximate surface area is 183 Å². The average Bonchev–Trinajstić information content (AvgIpc) is 2.95. The van der Waals surface area contributed by atoms with Crippen molar-refractivity contribution in [2.24, 2.45) is 24.3 Å². The van der Waals surface area contributed by atoms with Crippen LogP contribution in [0, 0.1) is 0 Å². The van der Waals surface area contributed by atoms with Crippen molar-refractivity contribution < 1.29 is 13.5 Å². The minimum absolute atomic E-state index is 0.821. The van der Waals surface area contributed by atoms with Crippen LogP contribution in [0.3, 0.4) is 0 Å². The maximum absolute atomic E-state index is 4.42. The SMILES string of the molecule is Cn1cc[n+](C)c1/N=N/c1ccc(N(CCC[N+](C)(C)C)CCC[N+](C)(C)C)cc1. The van der Waals surface area contributed by atoms with Gasteiger partial charge in [-0.05, 0) is 24.3 Å². The van der Waals surface area contributed by atoms with E-state index >= 15 is 0 Å². The van der Waals surface area contributed by atoms with E-state index in [2.05, 4.69) is 81.7 Å². The number of anilines is 1. The third-order valence-corrected chi connectivity index (χ3v) is 5.13. The summed E-state index contributed by atoms with van der Waals surface area (Å²) in [6.45, 7) is 4.50. The second kappa shape index (κ2) is 10.2. The molecule has 0 fully saturated rings. The molecule has 0 bridgehead atoms. The molecule has 166 valence electrons. The van der Waals surface area contributed by atoms with Crippen LogP contribution in [-0.4, -0.2) is 82.0 Å². The van der Waals surface area contributed by atoms with Gasteiger partial charge in [-0.3, -0.25) is 0 Å². The maximum Gasteiger partial charge on any atom is 0.421 e. The van der Waals surface area contributed by atoms with Crippen molar-refractivity contribution in [2.45, 2.75) is 12.8 Å². The van der Waals surface area contributed by atoms with Gasteiger partial charge in [-0.2, -0.15) is 0 Å². The first kappa shape index (κ1) is 24.0. The van der Waals surface area contributed by atoms with E-state index in [0.29, 0.717) is 0 Å². The smallest absolute Gasteiger partial charge is 0.371 e. The van der Waals surface area contributed by atoms with Gasteiger partial charge in [0.25, 0.3) is 0 Å². The lowest BCUT2D eigenvalue weighted by atomic mass is 10.2. The molecule has 0 amide bonds. The molecular formula is C23H42N7+3. The topological polar surface area (TPSA) is 36.8 Å². The molecule has 0 N–H and O–H groups in total. The molecule has 7 nitrogen and oxygen atoms in total. The summed E-state index contributed by atoms with van der Waals surface area (Å²) in [5.41, 5.74) is 2.14. The largest absolute Gasteiger partial charge is 0.421 e. The maximum atomic E-state index is 4.42. The summed E-state index contributed by atoms with van der Waals surface area (Å²) >= 11 is 0. The predicted octanol–water partition coefficient (Wildman–Crippen LogP) is 3.26. The summed E-state index contributed by atoms with van der Waals surface area (Å²) in [6, 6.07) is 8.48. The van der Waals surface area contributed by atoms with Crippen LogP contribution in [0.15, 0.2) is 46.9 Å². The van der Waals surface area contributed by atoms with Crippen molar-refractivity contribution in [3.63, 3.8) is 0 Å². The summed E-state index contributed by atoms with van der Waals surface area (Å²) < 4.78 is 5.92. The molecule has 1 aromatic carbocycles. The second-order valence-corrected chi connectivity index (χ2v) is 10.3. The Balaban J connectivity index is 2.06. The standard InChI is InChI=1S/C23H42N7/c1-26-17-18-27(2)23(26)25-24-21-11-13-22(14-12-21)28(15-9-19-29(3,4)5)16-10-20-30(6,7)8/h11-14,17-18H,9-10,15-16,19-20H2,1-8H3/q+3. The van der Waals surface area contributed by atoms with Crippen molar-refractivity contribution in [3.8, 4) is 0 Å². The van der Waals surface area contributed by atoms with Crippen molar-refractivity contribution in [2.75, 3.05) is 73.4 Å². The molecule has 0 aliphatic heterocycles. The Morgan fingerprint density at radius 1 is 0.867 bits per heavy atom. The normalized spacial score (nSPS) is 12.7. The first-order valence-corrected chi connectivity index (χ1v) is 10.8. The van der Waals surface area contributed by atoms with E-state index in [-0.39, 0.29) is 0 Å². The first-order valence-electron chi connectivity index (χ1n) is 10.8. The fraction of sp³-hybridized carbons (Fsp3) is 0.609. The van der Waals surface area contributed by atoms with Gasteiger partial charge in [-0.15, -0.1) is 0 Å². The average molecular weight is 417 g/mol. The van der Waals surface area contributed by atoms with Crippen molar-refractivity contribution in [1.82, 2.24) is 4.57 Å². The van der Waals surface area contributed by atoms with Crippen molar-refractivity contribution >= 4 is 17.3 Å².